The van der Waals surface area contributed by atoms with Crippen LogP contribution in [0.25, 0.3) is 0 Å². The largest absolute Gasteiger partial charge is 0.493 e. The third-order valence-electron chi connectivity index (χ3n) is 4.66. The van der Waals surface area contributed by atoms with E-state index in [1.807, 2.05) is 78.9 Å². The van der Waals surface area contributed by atoms with Gasteiger partial charge in [-0.1, -0.05) is 54.6 Å². The van der Waals surface area contributed by atoms with Gasteiger partial charge in [0.05, 0.1) is 12.6 Å². The summed E-state index contributed by atoms with van der Waals surface area (Å²) in [7, 11) is 0. The SMILES string of the molecule is O=C(NC1CCOc2ccccc21)c1ccccc1COc1ccccc1. The van der Waals surface area contributed by atoms with Gasteiger partial charge >= 0.3 is 0 Å². The van der Waals surface area contributed by atoms with E-state index in [9.17, 15) is 4.79 Å². The Hall–Kier alpha value is -3.27. The van der Waals surface area contributed by atoms with E-state index in [0.29, 0.717) is 18.8 Å². The molecule has 1 heterocycles. The molecule has 1 atom stereocenters. The molecule has 136 valence electrons. The van der Waals surface area contributed by atoms with Gasteiger partial charge in [0.15, 0.2) is 0 Å². The molecule has 0 bridgehead atoms. The molecule has 3 aromatic rings. The Kier molecular flexibility index (Phi) is 5.06. The van der Waals surface area contributed by atoms with Crippen molar-refractivity contribution in [1.29, 1.82) is 0 Å². The molecular formula is C23H21NO3. The maximum absolute atomic E-state index is 12.9. The van der Waals surface area contributed by atoms with Crippen molar-refractivity contribution in [2.45, 2.75) is 19.1 Å². The van der Waals surface area contributed by atoms with E-state index in [1.165, 1.54) is 0 Å². The number of fused-ring (bicyclic) bond motifs is 1. The van der Waals surface area contributed by atoms with Crippen LogP contribution in [0.2, 0.25) is 0 Å². The van der Waals surface area contributed by atoms with Gasteiger partial charge in [0.1, 0.15) is 18.1 Å². The van der Waals surface area contributed by atoms with Gasteiger partial charge in [0.2, 0.25) is 0 Å². The molecule has 4 nitrogen and oxygen atoms in total. The van der Waals surface area contributed by atoms with Crippen LogP contribution in [-0.2, 0) is 6.61 Å². The topological polar surface area (TPSA) is 47.6 Å². The van der Waals surface area contributed by atoms with Gasteiger partial charge in [-0.3, -0.25) is 4.79 Å². The number of para-hydroxylation sites is 2. The summed E-state index contributed by atoms with van der Waals surface area (Å²) in [6.45, 7) is 0.943. The van der Waals surface area contributed by atoms with Gasteiger partial charge in [0.25, 0.3) is 5.91 Å². The second-order valence-electron chi connectivity index (χ2n) is 6.46. The molecule has 27 heavy (non-hydrogen) atoms. The minimum Gasteiger partial charge on any atom is -0.493 e. The fraction of sp³-hybridized carbons (Fsp3) is 0.174. The van der Waals surface area contributed by atoms with Gasteiger partial charge in [-0.05, 0) is 24.3 Å². The van der Waals surface area contributed by atoms with Crippen molar-refractivity contribution in [2.24, 2.45) is 0 Å². The molecule has 1 unspecified atom stereocenters. The van der Waals surface area contributed by atoms with Crippen molar-refractivity contribution in [3.63, 3.8) is 0 Å². The second-order valence-corrected chi connectivity index (χ2v) is 6.46. The predicted octanol–water partition coefficient (Wildman–Crippen LogP) is 4.52. The van der Waals surface area contributed by atoms with Crippen LogP contribution in [0, 0.1) is 0 Å². The van der Waals surface area contributed by atoms with Gasteiger partial charge in [0, 0.05) is 23.1 Å². The molecule has 0 fully saturated rings. The van der Waals surface area contributed by atoms with Crippen molar-refractivity contribution in [3.8, 4) is 11.5 Å². The Morgan fingerprint density at radius 3 is 2.59 bits per heavy atom. The van der Waals surface area contributed by atoms with Gasteiger partial charge in [-0.25, -0.2) is 0 Å². The average Bonchev–Trinajstić information content (AvgIpc) is 2.73. The van der Waals surface area contributed by atoms with E-state index in [2.05, 4.69) is 5.32 Å². The van der Waals surface area contributed by atoms with E-state index < -0.39 is 0 Å². The van der Waals surface area contributed by atoms with E-state index in [0.717, 1.165) is 29.0 Å². The van der Waals surface area contributed by atoms with Crippen molar-refractivity contribution in [1.82, 2.24) is 5.32 Å². The quantitative estimate of drug-likeness (QED) is 0.729. The Morgan fingerprint density at radius 1 is 0.963 bits per heavy atom. The number of carbonyl (C=O) groups excluding carboxylic acids is 1. The number of ether oxygens (including phenoxy) is 2. The lowest BCUT2D eigenvalue weighted by molar-refractivity contribution is 0.0922. The summed E-state index contributed by atoms with van der Waals surface area (Å²) in [5.74, 6) is 1.53. The van der Waals surface area contributed by atoms with Crippen molar-refractivity contribution >= 4 is 5.91 Å². The second kappa shape index (κ2) is 7.96. The van der Waals surface area contributed by atoms with E-state index in [-0.39, 0.29) is 11.9 Å². The number of rotatable bonds is 5. The molecule has 1 amide bonds. The summed E-state index contributed by atoms with van der Waals surface area (Å²) in [4.78, 5) is 12.9. The summed E-state index contributed by atoms with van der Waals surface area (Å²) < 4.78 is 11.5. The molecule has 3 aromatic carbocycles. The minimum atomic E-state index is -0.0936. The third-order valence-corrected chi connectivity index (χ3v) is 4.66. The number of carbonyl (C=O) groups is 1. The summed E-state index contributed by atoms with van der Waals surface area (Å²) in [6.07, 6.45) is 0.755. The highest BCUT2D eigenvalue weighted by Gasteiger charge is 2.23. The molecule has 0 saturated heterocycles. The molecule has 0 aliphatic carbocycles. The molecular weight excluding hydrogens is 338 g/mol. The molecule has 1 N–H and O–H groups in total. The zero-order chi connectivity index (χ0) is 18.5. The normalized spacial score (nSPS) is 15.3. The maximum Gasteiger partial charge on any atom is 0.252 e. The van der Waals surface area contributed by atoms with Crippen molar-refractivity contribution in [2.75, 3.05) is 6.61 Å². The molecule has 1 aliphatic heterocycles. The van der Waals surface area contributed by atoms with E-state index >= 15 is 0 Å². The summed E-state index contributed by atoms with van der Waals surface area (Å²) in [6, 6.07) is 25.0. The Bertz CT molecular complexity index is 924. The van der Waals surface area contributed by atoms with Gasteiger partial charge in [-0.2, -0.15) is 0 Å². The molecule has 0 radical (unpaired) electrons. The van der Waals surface area contributed by atoms with E-state index in [1.54, 1.807) is 0 Å². The lowest BCUT2D eigenvalue weighted by atomic mass is 9.99. The number of hydrogen-bond donors (Lipinski definition) is 1. The number of amides is 1. The van der Waals surface area contributed by atoms with Crippen molar-refractivity contribution in [3.05, 3.63) is 95.6 Å². The fourth-order valence-electron chi connectivity index (χ4n) is 3.27. The van der Waals surface area contributed by atoms with Gasteiger partial charge < -0.3 is 14.8 Å². The van der Waals surface area contributed by atoms with Gasteiger partial charge in [-0.15, -0.1) is 0 Å². The van der Waals surface area contributed by atoms with Crippen LogP contribution in [0.4, 0.5) is 0 Å². The summed E-state index contributed by atoms with van der Waals surface area (Å²) in [5, 5.41) is 3.16. The standard InChI is InChI=1S/C23H21NO3/c25-23(24-21-14-15-26-22-13-7-6-12-20(21)22)19-11-5-4-8-17(19)16-27-18-9-2-1-3-10-18/h1-13,21H,14-16H2,(H,24,25). The van der Waals surface area contributed by atoms with Crippen LogP contribution in [-0.4, -0.2) is 12.5 Å². The fourth-order valence-corrected chi connectivity index (χ4v) is 3.27. The summed E-state index contributed by atoms with van der Waals surface area (Å²) >= 11 is 0. The van der Waals surface area contributed by atoms with Crippen LogP contribution < -0.4 is 14.8 Å². The molecule has 0 saturated carbocycles. The molecule has 4 heteroatoms. The Morgan fingerprint density at radius 2 is 1.70 bits per heavy atom. The molecule has 0 aromatic heterocycles. The van der Waals surface area contributed by atoms with Crippen LogP contribution in [0.5, 0.6) is 11.5 Å². The average molecular weight is 359 g/mol. The number of nitrogens with one attached hydrogen (secondary N) is 1. The number of hydrogen-bond acceptors (Lipinski definition) is 3. The molecule has 0 spiro atoms. The highest BCUT2D eigenvalue weighted by molar-refractivity contribution is 5.96. The first-order valence-corrected chi connectivity index (χ1v) is 9.09. The first kappa shape index (κ1) is 17.2. The van der Waals surface area contributed by atoms with Crippen LogP contribution in [0.3, 0.4) is 0 Å². The smallest absolute Gasteiger partial charge is 0.252 e. The van der Waals surface area contributed by atoms with Crippen molar-refractivity contribution < 1.29 is 14.3 Å². The lowest BCUT2D eigenvalue weighted by Crippen LogP contribution is -2.32. The highest BCUT2D eigenvalue weighted by atomic mass is 16.5. The summed E-state index contributed by atoms with van der Waals surface area (Å²) in [5.41, 5.74) is 2.52. The zero-order valence-electron chi connectivity index (χ0n) is 14.9. The maximum atomic E-state index is 12.9. The highest BCUT2D eigenvalue weighted by Crippen LogP contribution is 2.31. The Balaban J connectivity index is 1.50. The van der Waals surface area contributed by atoms with Crippen LogP contribution >= 0.6 is 0 Å². The van der Waals surface area contributed by atoms with Crippen LogP contribution in [0.15, 0.2) is 78.9 Å². The predicted molar refractivity (Wildman–Crippen MR) is 104 cm³/mol. The monoisotopic (exact) mass is 359 g/mol. The zero-order valence-corrected chi connectivity index (χ0v) is 14.9. The minimum absolute atomic E-state index is 0.0504. The first-order chi connectivity index (χ1) is 13.3. The van der Waals surface area contributed by atoms with E-state index in [4.69, 9.17) is 9.47 Å². The molecule has 4 rings (SSSR count). The third kappa shape index (κ3) is 3.95. The lowest BCUT2D eigenvalue weighted by Gasteiger charge is -2.27. The first-order valence-electron chi connectivity index (χ1n) is 9.09. The van der Waals surface area contributed by atoms with Crippen LogP contribution in [0.1, 0.15) is 33.9 Å². The number of benzene rings is 3. The molecule has 1 aliphatic rings. The Labute approximate surface area is 158 Å².